The highest BCUT2D eigenvalue weighted by atomic mass is 32.1. The number of nitrogens with zero attached hydrogens (tertiary/aromatic N) is 4. The average molecular weight is 320 g/mol. The summed E-state index contributed by atoms with van der Waals surface area (Å²) >= 11 is 1.57. The number of likely N-dealkylation sites (N-methyl/N-ethyl adjacent to an activating group) is 1. The zero-order chi connectivity index (χ0) is 15.7. The number of hydrogen-bond donors (Lipinski definition) is 0. The van der Waals surface area contributed by atoms with Crippen molar-refractivity contribution >= 4 is 27.5 Å². The van der Waals surface area contributed by atoms with Crippen molar-refractivity contribution in [2.75, 3.05) is 13.1 Å². The molecule has 22 heavy (non-hydrogen) atoms. The summed E-state index contributed by atoms with van der Waals surface area (Å²) in [5, 5.41) is 8.81. The number of fused-ring (bicyclic) bond motifs is 3. The Kier molecular flexibility index (Phi) is 4.24. The summed E-state index contributed by atoms with van der Waals surface area (Å²) < 4.78 is 1.21. The van der Waals surface area contributed by atoms with Crippen molar-refractivity contribution in [2.45, 2.75) is 46.1 Å². The number of amides is 1. The second-order valence-electron chi connectivity index (χ2n) is 5.51. The van der Waals surface area contributed by atoms with Crippen molar-refractivity contribution in [3.05, 3.63) is 20.8 Å². The van der Waals surface area contributed by atoms with Crippen molar-refractivity contribution in [1.82, 2.24) is 19.9 Å². The highest BCUT2D eigenvalue weighted by molar-refractivity contribution is 7.18. The molecule has 0 aliphatic heterocycles. The molecule has 0 saturated heterocycles. The number of rotatable bonds is 4. The fourth-order valence-electron chi connectivity index (χ4n) is 3.01. The number of hydrogen-bond acceptors (Lipinski definition) is 5. The van der Waals surface area contributed by atoms with Crippen molar-refractivity contribution in [3.63, 3.8) is 0 Å². The van der Waals surface area contributed by atoms with Crippen molar-refractivity contribution in [2.24, 2.45) is 0 Å². The third kappa shape index (κ3) is 2.54. The first-order valence-corrected chi connectivity index (χ1v) is 8.63. The monoisotopic (exact) mass is 320 g/mol. The number of thiophene rings is 1. The van der Waals surface area contributed by atoms with Crippen LogP contribution < -0.4 is 5.56 Å². The molecule has 2 heterocycles. The van der Waals surface area contributed by atoms with Crippen LogP contribution in [0.1, 0.15) is 37.1 Å². The lowest BCUT2D eigenvalue weighted by Crippen LogP contribution is -2.37. The van der Waals surface area contributed by atoms with E-state index < -0.39 is 0 Å². The Bertz CT molecular complexity index is 761. The molecule has 0 N–H and O–H groups in total. The van der Waals surface area contributed by atoms with Gasteiger partial charge in [-0.1, -0.05) is 5.21 Å². The highest BCUT2D eigenvalue weighted by Gasteiger charge is 2.21. The van der Waals surface area contributed by atoms with Crippen LogP contribution in [0, 0.1) is 0 Å². The molecule has 0 atom stereocenters. The van der Waals surface area contributed by atoms with Gasteiger partial charge in [0.1, 0.15) is 6.54 Å². The molecule has 0 radical (unpaired) electrons. The van der Waals surface area contributed by atoms with E-state index in [0.717, 1.165) is 24.8 Å². The molecule has 0 fully saturated rings. The summed E-state index contributed by atoms with van der Waals surface area (Å²) in [6.07, 6.45) is 4.23. The lowest BCUT2D eigenvalue weighted by atomic mass is 9.97. The summed E-state index contributed by atoms with van der Waals surface area (Å²) in [5.41, 5.74) is 0.958. The van der Waals surface area contributed by atoms with Crippen LogP contribution in [0.3, 0.4) is 0 Å². The summed E-state index contributed by atoms with van der Waals surface area (Å²) in [6.45, 7) is 5.08. The molecule has 7 heteroatoms. The van der Waals surface area contributed by atoms with Crippen molar-refractivity contribution in [3.8, 4) is 0 Å². The van der Waals surface area contributed by atoms with Gasteiger partial charge in [0.15, 0.2) is 4.83 Å². The maximum atomic E-state index is 12.7. The highest BCUT2D eigenvalue weighted by Crippen LogP contribution is 2.33. The Morgan fingerprint density at radius 1 is 1.27 bits per heavy atom. The number of aromatic nitrogens is 3. The molecular weight excluding hydrogens is 300 g/mol. The van der Waals surface area contributed by atoms with Crippen LogP contribution in [0.4, 0.5) is 0 Å². The van der Waals surface area contributed by atoms with Gasteiger partial charge in [-0.3, -0.25) is 9.59 Å². The van der Waals surface area contributed by atoms with Gasteiger partial charge in [-0.05, 0) is 45.1 Å². The van der Waals surface area contributed by atoms with Gasteiger partial charge in [-0.25, -0.2) is 4.68 Å². The Labute approximate surface area is 132 Å². The molecule has 1 aliphatic carbocycles. The molecule has 1 amide bonds. The first kappa shape index (κ1) is 15.1. The molecule has 118 valence electrons. The van der Waals surface area contributed by atoms with E-state index >= 15 is 0 Å². The molecule has 0 bridgehead atoms. The molecular formula is C15H20N4O2S. The Morgan fingerprint density at radius 3 is 2.73 bits per heavy atom. The fraction of sp³-hybridized carbons (Fsp3) is 0.600. The van der Waals surface area contributed by atoms with E-state index in [1.807, 2.05) is 13.8 Å². The minimum absolute atomic E-state index is 0.0337. The van der Waals surface area contributed by atoms with E-state index in [4.69, 9.17) is 0 Å². The zero-order valence-corrected chi connectivity index (χ0v) is 13.8. The second-order valence-corrected chi connectivity index (χ2v) is 6.59. The van der Waals surface area contributed by atoms with E-state index in [2.05, 4.69) is 10.3 Å². The van der Waals surface area contributed by atoms with Crippen LogP contribution in [0.25, 0.3) is 10.2 Å². The quantitative estimate of drug-likeness (QED) is 0.858. The van der Waals surface area contributed by atoms with E-state index in [1.54, 1.807) is 16.2 Å². The predicted molar refractivity (Wildman–Crippen MR) is 86.2 cm³/mol. The molecule has 0 saturated carbocycles. The molecule has 6 nitrogen and oxygen atoms in total. The van der Waals surface area contributed by atoms with E-state index in [1.165, 1.54) is 16.0 Å². The second kappa shape index (κ2) is 6.16. The zero-order valence-electron chi connectivity index (χ0n) is 13.0. The van der Waals surface area contributed by atoms with Gasteiger partial charge < -0.3 is 4.90 Å². The first-order chi connectivity index (χ1) is 10.7. The molecule has 0 aromatic carbocycles. The normalized spacial score (nSPS) is 14.1. The molecule has 2 aromatic heterocycles. The smallest absolute Gasteiger partial charge is 0.279 e. The molecule has 3 rings (SSSR count). The summed E-state index contributed by atoms with van der Waals surface area (Å²) in [4.78, 5) is 28.6. The molecule has 2 aromatic rings. The van der Waals surface area contributed by atoms with Crippen LogP contribution in [0.2, 0.25) is 0 Å². The van der Waals surface area contributed by atoms with Crippen LogP contribution in [-0.2, 0) is 24.2 Å². The Morgan fingerprint density at radius 2 is 2.00 bits per heavy atom. The van der Waals surface area contributed by atoms with Gasteiger partial charge in [0.25, 0.3) is 5.56 Å². The standard InChI is InChI=1S/C15H20N4O2S/c1-3-18(4-2)12(20)9-19-15(21)13-10-7-5-6-8-11(10)22-14(13)16-17-19/h3-9H2,1-2H3. The van der Waals surface area contributed by atoms with Crippen LogP contribution in [0.15, 0.2) is 4.79 Å². The maximum Gasteiger partial charge on any atom is 0.279 e. The molecule has 0 unspecified atom stereocenters. The van der Waals surface area contributed by atoms with Gasteiger partial charge in [-0.2, -0.15) is 0 Å². The van der Waals surface area contributed by atoms with E-state index in [0.29, 0.717) is 23.3 Å². The SMILES string of the molecule is CCN(CC)C(=O)Cn1nnc2sc3c(c2c1=O)CCCC3. The van der Waals surface area contributed by atoms with Gasteiger partial charge >= 0.3 is 0 Å². The Hall–Kier alpha value is -1.76. The third-order valence-electron chi connectivity index (χ3n) is 4.25. The van der Waals surface area contributed by atoms with E-state index in [-0.39, 0.29) is 18.0 Å². The number of carbonyl (C=O) groups excluding carboxylic acids is 1. The van der Waals surface area contributed by atoms with Gasteiger partial charge in [0.05, 0.1) is 5.39 Å². The predicted octanol–water partition coefficient (Wildman–Crippen LogP) is 1.60. The van der Waals surface area contributed by atoms with E-state index in [9.17, 15) is 9.59 Å². The minimum Gasteiger partial charge on any atom is -0.342 e. The van der Waals surface area contributed by atoms with Gasteiger partial charge in [0, 0.05) is 18.0 Å². The third-order valence-corrected chi connectivity index (χ3v) is 5.42. The Balaban J connectivity index is 2.00. The van der Waals surface area contributed by atoms with Crippen molar-refractivity contribution in [1.29, 1.82) is 0 Å². The minimum atomic E-state index is -0.176. The molecule has 1 aliphatic rings. The van der Waals surface area contributed by atoms with Gasteiger partial charge in [-0.15, -0.1) is 16.4 Å². The topological polar surface area (TPSA) is 68.1 Å². The van der Waals surface area contributed by atoms with Crippen LogP contribution in [0.5, 0.6) is 0 Å². The maximum absolute atomic E-state index is 12.7. The summed E-state index contributed by atoms with van der Waals surface area (Å²) in [5.74, 6) is -0.0927. The summed E-state index contributed by atoms with van der Waals surface area (Å²) in [6, 6.07) is 0. The van der Waals surface area contributed by atoms with Crippen molar-refractivity contribution < 1.29 is 4.79 Å². The van der Waals surface area contributed by atoms with Gasteiger partial charge in [0.2, 0.25) is 5.91 Å². The fourth-order valence-corrected chi connectivity index (χ4v) is 4.21. The summed E-state index contributed by atoms with van der Waals surface area (Å²) in [7, 11) is 0. The van der Waals surface area contributed by atoms with Crippen LogP contribution >= 0.6 is 11.3 Å². The lowest BCUT2D eigenvalue weighted by molar-refractivity contribution is -0.131. The average Bonchev–Trinajstić information content (AvgIpc) is 2.90. The largest absolute Gasteiger partial charge is 0.342 e. The molecule has 0 spiro atoms. The van der Waals surface area contributed by atoms with Crippen LogP contribution in [-0.4, -0.2) is 38.9 Å². The number of carbonyl (C=O) groups is 1. The lowest BCUT2D eigenvalue weighted by Gasteiger charge is -2.18. The number of aryl methyl sites for hydroxylation is 2. The first-order valence-electron chi connectivity index (χ1n) is 7.81.